The van der Waals surface area contributed by atoms with Gasteiger partial charge in [-0.25, -0.2) is 4.99 Å². The van der Waals surface area contributed by atoms with Crippen LogP contribution in [0, 0.1) is 0 Å². The number of nitrogens with one attached hydrogen (secondary N) is 1. The summed E-state index contributed by atoms with van der Waals surface area (Å²) in [5.41, 5.74) is 3.51. The Labute approximate surface area is 148 Å². The lowest BCUT2D eigenvalue weighted by Crippen LogP contribution is -2.36. The molecule has 0 amide bonds. The van der Waals surface area contributed by atoms with E-state index in [4.69, 9.17) is 9.73 Å². The number of ether oxygens (including phenoxy) is 1. The zero-order valence-corrected chi connectivity index (χ0v) is 14.4. The molecule has 0 aliphatic carbocycles. The van der Waals surface area contributed by atoms with Gasteiger partial charge in [0.05, 0.1) is 24.6 Å². The maximum Gasteiger partial charge on any atom is 0.199 e. The number of aliphatic imine (C=N–C) groups is 1. The molecule has 0 atom stereocenters. The van der Waals surface area contributed by atoms with Crippen molar-refractivity contribution >= 4 is 17.3 Å². The highest BCUT2D eigenvalue weighted by Gasteiger charge is 2.20. The molecule has 2 saturated heterocycles. The standard InChI is InChI=1S/C20H24N4O/c1-2-6-17(7-3-1)16-24-11-10-21-20(24)22-18-8-4-5-9-19(18)23-12-14-25-15-13-23/h1-9H,10-16H2,(H,21,22). The third kappa shape index (κ3) is 3.77. The zero-order valence-electron chi connectivity index (χ0n) is 14.4. The Morgan fingerprint density at radius 1 is 0.920 bits per heavy atom. The number of para-hydroxylation sites is 2. The third-order valence-electron chi connectivity index (χ3n) is 4.64. The molecular weight excluding hydrogens is 312 g/mol. The quantitative estimate of drug-likeness (QED) is 0.932. The highest BCUT2D eigenvalue weighted by Crippen LogP contribution is 2.29. The van der Waals surface area contributed by atoms with Crippen LogP contribution in [0.2, 0.25) is 0 Å². The molecule has 130 valence electrons. The van der Waals surface area contributed by atoms with E-state index in [-0.39, 0.29) is 0 Å². The molecule has 5 nitrogen and oxygen atoms in total. The van der Waals surface area contributed by atoms with Crippen molar-refractivity contribution in [2.24, 2.45) is 4.99 Å². The summed E-state index contributed by atoms with van der Waals surface area (Å²) in [6.45, 7) is 6.20. The Balaban J connectivity index is 1.57. The van der Waals surface area contributed by atoms with Gasteiger partial charge in [-0.3, -0.25) is 0 Å². The molecular formula is C20H24N4O. The van der Waals surface area contributed by atoms with Gasteiger partial charge in [0, 0.05) is 32.7 Å². The largest absolute Gasteiger partial charge is 0.378 e. The summed E-state index contributed by atoms with van der Waals surface area (Å²) in [7, 11) is 0. The normalized spacial score (nSPS) is 19.3. The maximum atomic E-state index is 5.48. The second-order valence-electron chi connectivity index (χ2n) is 6.36. The van der Waals surface area contributed by atoms with Crippen LogP contribution in [0.25, 0.3) is 0 Å². The summed E-state index contributed by atoms with van der Waals surface area (Å²) in [5, 5.41) is 3.44. The molecule has 1 N–H and O–H groups in total. The first kappa shape index (κ1) is 16.0. The minimum Gasteiger partial charge on any atom is -0.378 e. The number of benzene rings is 2. The second kappa shape index (κ2) is 7.57. The first-order valence-electron chi connectivity index (χ1n) is 8.93. The molecule has 2 aliphatic rings. The minimum absolute atomic E-state index is 0.781. The van der Waals surface area contributed by atoms with Gasteiger partial charge in [0.1, 0.15) is 0 Å². The van der Waals surface area contributed by atoms with E-state index < -0.39 is 0 Å². The second-order valence-corrected chi connectivity index (χ2v) is 6.36. The van der Waals surface area contributed by atoms with E-state index in [9.17, 15) is 0 Å². The summed E-state index contributed by atoms with van der Waals surface area (Å²) in [4.78, 5) is 9.63. The summed E-state index contributed by atoms with van der Waals surface area (Å²) >= 11 is 0. The van der Waals surface area contributed by atoms with Gasteiger partial charge in [-0.2, -0.15) is 0 Å². The van der Waals surface area contributed by atoms with Crippen molar-refractivity contribution in [2.45, 2.75) is 6.54 Å². The number of morpholine rings is 1. The van der Waals surface area contributed by atoms with Crippen molar-refractivity contribution < 1.29 is 4.74 Å². The van der Waals surface area contributed by atoms with Gasteiger partial charge < -0.3 is 19.9 Å². The SMILES string of the molecule is c1ccc(CN2CCN/C2=N\c2ccccc2N2CCOCC2)cc1. The monoisotopic (exact) mass is 336 g/mol. The predicted octanol–water partition coefficient (Wildman–Crippen LogP) is 2.62. The van der Waals surface area contributed by atoms with E-state index in [1.165, 1.54) is 11.3 Å². The van der Waals surface area contributed by atoms with Crippen LogP contribution in [0.5, 0.6) is 0 Å². The van der Waals surface area contributed by atoms with Crippen LogP contribution in [-0.4, -0.2) is 50.3 Å². The van der Waals surface area contributed by atoms with E-state index in [1.54, 1.807) is 0 Å². The van der Waals surface area contributed by atoms with Gasteiger partial charge in [0.25, 0.3) is 0 Å². The Morgan fingerprint density at radius 3 is 2.52 bits per heavy atom. The van der Waals surface area contributed by atoms with E-state index >= 15 is 0 Å². The van der Waals surface area contributed by atoms with Crippen LogP contribution < -0.4 is 10.2 Å². The van der Waals surface area contributed by atoms with Gasteiger partial charge in [0.2, 0.25) is 0 Å². The van der Waals surface area contributed by atoms with Crippen molar-refractivity contribution in [3.05, 3.63) is 60.2 Å². The molecule has 0 radical (unpaired) electrons. The number of hydrogen-bond donors (Lipinski definition) is 1. The van der Waals surface area contributed by atoms with Crippen molar-refractivity contribution in [2.75, 3.05) is 44.3 Å². The van der Waals surface area contributed by atoms with Gasteiger partial charge in [-0.15, -0.1) is 0 Å². The summed E-state index contributed by atoms with van der Waals surface area (Å²) < 4.78 is 5.48. The molecule has 0 unspecified atom stereocenters. The maximum absolute atomic E-state index is 5.48. The fourth-order valence-electron chi connectivity index (χ4n) is 3.33. The lowest BCUT2D eigenvalue weighted by Gasteiger charge is -2.30. The van der Waals surface area contributed by atoms with Crippen LogP contribution >= 0.6 is 0 Å². The smallest absolute Gasteiger partial charge is 0.199 e. The van der Waals surface area contributed by atoms with Crippen molar-refractivity contribution in [1.29, 1.82) is 0 Å². The molecule has 2 fully saturated rings. The minimum atomic E-state index is 0.781. The van der Waals surface area contributed by atoms with Gasteiger partial charge in [-0.05, 0) is 17.7 Å². The van der Waals surface area contributed by atoms with Gasteiger partial charge >= 0.3 is 0 Å². The summed E-state index contributed by atoms with van der Waals surface area (Å²) in [5.74, 6) is 0.963. The summed E-state index contributed by atoms with van der Waals surface area (Å²) in [6.07, 6.45) is 0. The molecule has 5 heteroatoms. The number of guanidine groups is 1. The molecule has 0 bridgehead atoms. The molecule has 0 spiro atoms. The fourth-order valence-corrected chi connectivity index (χ4v) is 3.33. The molecule has 2 aromatic carbocycles. The van der Waals surface area contributed by atoms with E-state index in [0.717, 1.165) is 57.6 Å². The van der Waals surface area contributed by atoms with Crippen LogP contribution in [0.15, 0.2) is 59.6 Å². The Bertz CT molecular complexity index is 725. The van der Waals surface area contributed by atoms with E-state index in [0.29, 0.717) is 0 Å². The van der Waals surface area contributed by atoms with Crippen LogP contribution in [0.3, 0.4) is 0 Å². The molecule has 2 aliphatic heterocycles. The fraction of sp³-hybridized carbons (Fsp3) is 0.350. The van der Waals surface area contributed by atoms with Gasteiger partial charge in [0.15, 0.2) is 5.96 Å². The average Bonchev–Trinajstić information content (AvgIpc) is 3.10. The zero-order chi connectivity index (χ0) is 16.9. The molecule has 4 rings (SSSR count). The molecule has 25 heavy (non-hydrogen) atoms. The Hall–Kier alpha value is -2.53. The molecule has 0 saturated carbocycles. The third-order valence-corrected chi connectivity index (χ3v) is 4.64. The molecule has 0 aromatic heterocycles. The highest BCUT2D eigenvalue weighted by molar-refractivity contribution is 5.86. The van der Waals surface area contributed by atoms with E-state index in [2.05, 4.69) is 69.7 Å². The van der Waals surface area contributed by atoms with Crippen LogP contribution in [0.1, 0.15) is 5.56 Å². The first-order valence-corrected chi connectivity index (χ1v) is 8.93. The lowest BCUT2D eigenvalue weighted by atomic mass is 10.2. The molecule has 2 aromatic rings. The average molecular weight is 336 g/mol. The number of hydrogen-bond acceptors (Lipinski definition) is 3. The topological polar surface area (TPSA) is 40.1 Å². The van der Waals surface area contributed by atoms with Crippen molar-refractivity contribution in [3.8, 4) is 0 Å². The Morgan fingerprint density at radius 2 is 1.68 bits per heavy atom. The van der Waals surface area contributed by atoms with Crippen molar-refractivity contribution in [3.63, 3.8) is 0 Å². The van der Waals surface area contributed by atoms with E-state index in [1.807, 2.05) is 0 Å². The highest BCUT2D eigenvalue weighted by atomic mass is 16.5. The molecule has 2 heterocycles. The Kier molecular flexibility index (Phi) is 4.84. The predicted molar refractivity (Wildman–Crippen MR) is 101 cm³/mol. The lowest BCUT2D eigenvalue weighted by molar-refractivity contribution is 0.123. The van der Waals surface area contributed by atoms with Crippen LogP contribution in [0.4, 0.5) is 11.4 Å². The number of rotatable bonds is 4. The summed E-state index contributed by atoms with van der Waals surface area (Å²) in [6, 6.07) is 18.9. The van der Waals surface area contributed by atoms with Gasteiger partial charge in [-0.1, -0.05) is 42.5 Å². The number of nitrogens with zero attached hydrogens (tertiary/aromatic N) is 3. The number of anilines is 1. The first-order chi connectivity index (χ1) is 12.4. The van der Waals surface area contributed by atoms with Crippen LogP contribution in [-0.2, 0) is 11.3 Å². The van der Waals surface area contributed by atoms with Crippen molar-refractivity contribution in [1.82, 2.24) is 10.2 Å².